The number of anilines is 2. The number of carbonyl (C=O) groups is 1. The molecule has 3 rings (SSSR count). The second-order valence-electron chi connectivity index (χ2n) is 6.75. The third kappa shape index (κ3) is 5.63. The molecule has 3 aromatic rings. The molecule has 10 heteroatoms. The number of nitrogens with one attached hydrogen (secondary N) is 2. The number of ether oxygens (including phenoxy) is 1. The van der Waals surface area contributed by atoms with Crippen LogP contribution in [0.15, 0.2) is 42.9 Å². The Morgan fingerprint density at radius 1 is 1.32 bits per heavy atom. The highest BCUT2D eigenvalue weighted by Gasteiger charge is 2.14. The van der Waals surface area contributed by atoms with Crippen LogP contribution in [-0.2, 0) is 11.3 Å². The Labute approximate surface area is 179 Å². The van der Waals surface area contributed by atoms with Crippen molar-refractivity contribution in [1.82, 2.24) is 25.1 Å². The molecule has 0 saturated heterocycles. The topological polar surface area (TPSA) is 138 Å². The van der Waals surface area contributed by atoms with Gasteiger partial charge >= 0.3 is 0 Å². The maximum atomic E-state index is 12.3. The Balaban J connectivity index is 1.75. The summed E-state index contributed by atoms with van der Waals surface area (Å²) in [6.07, 6.45) is 5.10. The van der Waals surface area contributed by atoms with E-state index in [-0.39, 0.29) is 19.1 Å². The quantitative estimate of drug-likeness (QED) is 0.474. The van der Waals surface area contributed by atoms with Gasteiger partial charge in [-0.25, -0.2) is 9.97 Å². The van der Waals surface area contributed by atoms with Crippen molar-refractivity contribution >= 4 is 17.5 Å². The van der Waals surface area contributed by atoms with Gasteiger partial charge in [0.25, 0.3) is 5.91 Å². The van der Waals surface area contributed by atoms with Gasteiger partial charge in [-0.2, -0.15) is 10.4 Å². The van der Waals surface area contributed by atoms with Gasteiger partial charge in [-0.3, -0.25) is 9.48 Å². The summed E-state index contributed by atoms with van der Waals surface area (Å²) in [5.74, 6) is 0.0548. The standard InChI is InChI=1S/C21H23N7O3/c1-14-10-23-21(26-18-11-24-28(12-18)7-8-29)27-19(14)15-3-5-16(6-4-15)20(30)25-17(9-22)13-31-2/h3-6,10-12,17,29H,7-8,13H2,1-2H3,(H,25,30)(H,23,26,27). The number of rotatable bonds is 9. The number of aliphatic hydroxyl groups is 1. The molecule has 3 N–H and O–H groups in total. The molecule has 1 aromatic carbocycles. The average Bonchev–Trinajstić information content (AvgIpc) is 3.22. The van der Waals surface area contributed by atoms with Crippen molar-refractivity contribution in [3.8, 4) is 17.3 Å². The molecule has 0 fully saturated rings. The fraction of sp³-hybridized carbons (Fsp3) is 0.286. The summed E-state index contributed by atoms with van der Waals surface area (Å²) < 4.78 is 6.53. The number of aromatic nitrogens is 4. The number of carbonyl (C=O) groups excluding carboxylic acids is 1. The van der Waals surface area contributed by atoms with E-state index in [4.69, 9.17) is 15.1 Å². The number of aryl methyl sites for hydroxylation is 1. The minimum Gasteiger partial charge on any atom is -0.394 e. The maximum Gasteiger partial charge on any atom is 0.252 e. The van der Waals surface area contributed by atoms with Gasteiger partial charge in [0.2, 0.25) is 5.95 Å². The molecule has 0 aliphatic heterocycles. The van der Waals surface area contributed by atoms with Gasteiger partial charge in [0, 0.05) is 30.6 Å². The normalized spacial score (nSPS) is 11.5. The monoisotopic (exact) mass is 421 g/mol. The Morgan fingerprint density at radius 2 is 2.10 bits per heavy atom. The molecular weight excluding hydrogens is 398 g/mol. The number of hydrogen-bond donors (Lipinski definition) is 3. The highest BCUT2D eigenvalue weighted by atomic mass is 16.5. The molecule has 0 radical (unpaired) electrons. The Kier molecular flexibility index (Phi) is 7.26. The lowest BCUT2D eigenvalue weighted by atomic mass is 10.1. The zero-order valence-electron chi connectivity index (χ0n) is 17.2. The molecule has 1 amide bonds. The van der Waals surface area contributed by atoms with Gasteiger partial charge in [0.15, 0.2) is 0 Å². The highest BCUT2D eigenvalue weighted by molar-refractivity contribution is 5.95. The van der Waals surface area contributed by atoms with Gasteiger partial charge in [0.1, 0.15) is 6.04 Å². The SMILES string of the molecule is COCC(C#N)NC(=O)c1ccc(-c2nc(Nc3cnn(CCO)c3)ncc2C)cc1. The van der Waals surface area contributed by atoms with Crippen LogP contribution in [0.4, 0.5) is 11.6 Å². The first-order valence-corrected chi connectivity index (χ1v) is 9.58. The number of amides is 1. The molecule has 0 aliphatic rings. The summed E-state index contributed by atoms with van der Waals surface area (Å²) in [4.78, 5) is 21.2. The van der Waals surface area contributed by atoms with Crippen LogP contribution in [-0.4, -0.2) is 57.1 Å². The first-order chi connectivity index (χ1) is 15.0. The molecule has 0 aliphatic carbocycles. The van der Waals surface area contributed by atoms with Crippen molar-refractivity contribution < 1.29 is 14.6 Å². The fourth-order valence-electron chi connectivity index (χ4n) is 2.88. The number of aliphatic hydroxyl groups excluding tert-OH is 1. The third-order valence-electron chi connectivity index (χ3n) is 4.41. The van der Waals surface area contributed by atoms with E-state index in [1.54, 1.807) is 47.5 Å². The molecule has 0 spiro atoms. The van der Waals surface area contributed by atoms with Gasteiger partial charge < -0.3 is 20.5 Å². The van der Waals surface area contributed by atoms with Crippen molar-refractivity contribution in [3.05, 3.63) is 54.0 Å². The first-order valence-electron chi connectivity index (χ1n) is 9.58. The van der Waals surface area contributed by atoms with Crippen molar-refractivity contribution in [2.24, 2.45) is 0 Å². The molecule has 1 atom stereocenters. The first kappa shape index (κ1) is 21.9. The second-order valence-corrected chi connectivity index (χ2v) is 6.75. The van der Waals surface area contributed by atoms with Crippen LogP contribution in [0.25, 0.3) is 11.3 Å². The van der Waals surface area contributed by atoms with E-state index in [1.165, 1.54) is 7.11 Å². The van der Waals surface area contributed by atoms with Crippen molar-refractivity contribution in [2.45, 2.75) is 19.5 Å². The number of nitrogens with zero attached hydrogens (tertiary/aromatic N) is 5. The molecule has 10 nitrogen and oxygen atoms in total. The van der Waals surface area contributed by atoms with Gasteiger partial charge in [0.05, 0.1) is 43.4 Å². The molecule has 2 aromatic heterocycles. The molecule has 0 saturated carbocycles. The molecule has 31 heavy (non-hydrogen) atoms. The van der Waals surface area contributed by atoms with E-state index in [2.05, 4.69) is 25.7 Å². The van der Waals surface area contributed by atoms with E-state index >= 15 is 0 Å². The number of hydrogen-bond acceptors (Lipinski definition) is 8. The molecule has 0 bridgehead atoms. The number of nitriles is 1. The van der Waals surface area contributed by atoms with Crippen LogP contribution < -0.4 is 10.6 Å². The van der Waals surface area contributed by atoms with Crippen LogP contribution in [0.5, 0.6) is 0 Å². The van der Waals surface area contributed by atoms with Crippen LogP contribution in [0.1, 0.15) is 15.9 Å². The molecule has 1 unspecified atom stereocenters. The smallest absolute Gasteiger partial charge is 0.252 e. The minimum atomic E-state index is -0.711. The Morgan fingerprint density at radius 3 is 2.77 bits per heavy atom. The summed E-state index contributed by atoms with van der Waals surface area (Å²) in [7, 11) is 1.47. The summed E-state index contributed by atoms with van der Waals surface area (Å²) in [5.41, 5.74) is 3.56. The lowest BCUT2D eigenvalue weighted by molar-refractivity contribution is 0.0918. The number of methoxy groups -OCH3 is 1. The van der Waals surface area contributed by atoms with Gasteiger partial charge in [-0.15, -0.1) is 0 Å². The molecule has 2 heterocycles. The summed E-state index contributed by atoms with van der Waals surface area (Å²) in [6, 6.07) is 8.23. The summed E-state index contributed by atoms with van der Waals surface area (Å²) in [5, 5.41) is 27.9. The zero-order valence-corrected chi connectivity index (χ0v) is 17.2. The maximum absolute atomic E-state index is 12.3. The predicted octanol–water partition coefficient (Wildman–Crippen LogP) is 1.65. The van der Waals surface area contributed by atoms with Crippen LogP contribution in [0.3, 0.4) is 0 Å². The second kappa shape index (κ2) is 10.3. The highest BCUT2D eigenvalue weighted by Crippen LogP contribution is 2.23. The fourth-order valence-corrected chi connectivity index (χ4v) is 2.88. The van der Waals surface area contributed by atoms with Crippen molar-refractivity contribution in [1.29, 1.82) is 5.26 Å². The zero-order chi connectivity index (χ0) is 22.2. The lowest BCUT2D eigenvalue weighted by Crippen LogP contribution is -2.36. The van der Waals surface area contributed by atoms with Crippen molar-refractivity contribution in [3.63, 3.8) is 0 Å². The van der Waals surface area contributed by atoms with Crippen LogP contribution in [0.2, 0.25) is 0 Å². The largest absolute Gasteiger partial charge is 0.394 e. The third-order valence-corrected chi connectivity index (χ3v) is 4.41. The average molecular weight is 421 g/mol. The van der Waals surface area contributed by atoms with E-state index in [0.29, 0.717) is 23.7 Å². The molecule has 160 valence electrons. The predicted molar refractivity (Wildman–Crippen MR) is 114 cm³/mol. The van der Waals surface area contributed by atoms with Gasteiger partial charge in [-0.05, 0) is 24.6 Å². The van der Waals surface area contributed by atoms with E-state index in [0.717, 1.165) is 16.8 Å². The van der Waals surface area contributed by atoms with Crippen molar-refractivity contribution in [2.75, 3.05) is 25.6 Å². The lowest BCUT2D eigenvalue weighted by Gasteiger charge is -2.11. The Hall–Kier alpha value is -3.81. The van der Waals surface area contributed by atoms with Gasteiger partial charge in [-0.1, -0.05) is 12.1 Å². The van der Waals surface area contributed by atoms with Crippen LogP contribution in [0, 0.1) is 18.3 Å². The van der Waals surface area contributed by atoms with E-state index in [1.807, 2.05) is 13.0 Å². The number of benzene rings is 1. The van der Waals surface area contributed by atoms with Crippen LogP contribution >= 0.6 is 0 Å². The van der Waals surface area contributed by atoms with E-state index < -0.39 is 6.04 Å². The minimum absolute atomic E-state index is 0.00384. The van der Waals surface area contributed by atoms with E-state index in [9.17, 15) is 4.79 Å². The summed E-state index contributed by atoms with van der Waals surface area (Å²) >= 11 is 0. The Bertz CT molecular complexity index is 1070. The summed E-state index contributed by atoms with van der Waals surface area (Å²) in [6.45, 7) is 2.43. The molecular formula is C21H23N7O3.